The second-order valence-electron chi connectivity index (χ2n) is 7.18. The number of hydrogen-bond donors (Lipinski definition) is 1. The third kappa shape index (κ3) is 5.38. The lowest BCUT2D eigenvalue weighted by molar-refractivity contribution is -0.113. The van der Waals surface area contributed by atoms with Crippen LogP contribution in [0.5, 0.6) is 0 Å². The van der Waals surface area contributed by atoms with Gasteiger partial charge in [0.1, 0.15) is 5.82 Å². The minimum absolute atomic E-state index is 0.0503. The molecular formula is C21H22Cl2FN5OS. The van der Waals surface area contributed by atoms with Crippen molar-refractivity contribution in [2.24, 2.45) is 0 Å². The summed E-state index contributed by atoms with van der Waals surface area (Å²) in [5, 5.41) is 12.6. The van der Waals surface area contributed by atoms with Gasteiger partial charge in [0.15, 0.2) is 11.0 Å². The van der Waals surface area contributed by atoms with Crippen molar-refractivity contribution in [1.29, 1.82) is 0 Å². The molecule has 1 atom stereocenters. The van der Waals surface area contributed by atoms with Crippen LogP contribution in [0.25, 0.3) is 5.69 Å². The summed E-state index contributed by atoms with van der Waals surface area (Å²) in [6.45, 7) is 3.83. The predicted molar refractivity (Wildman–Crippen MR) is 124 cm³/mol. The summed E-state index contributed by atoms with van der Waals surface area (Å²) in [5.41, 5.74) is 1.91. The van der Waals surface area contributed by atoms with Gasteiger partial charge in [0.05, 0.1) is 27.5 Å². The number of anilines is 1. The van der Waals surface area contributed by atoms with Crippen molar-refractivity contribution in [3.8, 4) is 5.69 Å². The van der Waals surface area contributed by atoms with Gasteiger partial charge in [-0.2, -0.15) is 0 Å². The Kier molecular flexibility index (Phi) is 7.59. The fraction of sp³-hybridized carbons (Fsp3) is 0.286. The fourth-order valence-corrected chi connectivity index (χ4v) is 4.01. The number of aryl methyl sites for hydroxylation is 1. The molecule has 164 valence electrons. The first kappa shape index (κ1) is 23.5. The Morgan fingerprint density at radius 1 is 1.19 bits per heavy atom. The highest BCUT2D eigenvalue weighted by atomic mass is 35.5. The number of carbonyl (C=O) groups excluding carboxylic acids is 1. The van der Waals surface area contributed by atoms with Gasteiger partial charge in [0.2, 0.25) is 5.91 Å². The highest BCUT2D eigenvalue weighted by molar-refractivity contribution is 7.99. The maximum atomic E-state index is 13.4. The maximum Gasteiger partial charge on any atom is 0.234 e. The van der Waals surface area contributed by atoms with Crippen molar-refractivity contribution in [3.05, 3.63) is 63.6 Å². The molecule has 2 aromatic carbocycles. The Morgan fingerprint density at radius 3 is 2.52 bits per heavy atom. The third-order valence-electron chi connectivity index (χ3n) is 4.77. The lowest BCUT2D eigenvalue weighted by Crippen LogP contribution is -2.21. The van der Waals surface area contributed by atoms with Gasteiger partial charge in [0.25, 0.3) is 0 Å². The number of aromatic nitrogens is 3. The average Bonchev–Trinajstić information content (AvgIpc) is 3.16. The van der Waals surface area contributed by atoms with Crippen LogP contribution in [0, 0.1) is 12.7 Å². The molecule has 0 radical (unpaired) electrons. The molecule has 3 aromatic rings. The minimum atomic E-state index is -0.334. The topological polar surface area (TPSA) is 63.1 Å². The number of hydrogen-bond acceptors (Lipinski definition) is 5. The minimum Gasteiger partial charge on any atom is -0.323 e. The van der Waals surface area contributed by atoms with E-state index >= 15 is 0 Å². The van der Waals surface area contributed by atoms with Crippen molar-refractivity contribution in [2.75, 3.05) is 25.2 Å². The van der Waals surface area contributed by atoms with E-state index in [1.807, 2.05) is 37.4 Å². The summed E-state index contributed by atoms with van der Waals surface area (Å²) >= 11 is 13.7. The molecule has 1 unspecified atom stereocenters. The Labute approximate surface area is 194 Å². The molecule has 1 N–H and O–H groups in total. The summed E-state index contributed by atoms with van der Waals surface area (Å²) in [4.78, 5) is 14.6. The summed E-state index contributed by atoms with van der Waals surface area (Å²) in [6.07, 6.45) is 0. The van der Waals surface area contributed by atoms with Crippen LogP contribution in [-0.4, -0.2) is 45.4 Å². The number of nitrogens with zero attached hydrogens (tertiary/aromatic N) is 4. The van der Waals surface area contributed by atoms with Crippen LogP contribution >= 0.6 is 35.0 Å². The first-order chi connectivity index (χ1) is 14.7. The van der Waals surface area contributed by atoms with Gasteiger partial charge in [-0.25, -0.2) is 4.39 Å². The zero-order chi connectivity index (χ0) is 22.7. The molecular weight excluding hydrogens is 460 g/mol. The average molecular weight is 482 g/mol. The van der Waals surface area contributed by atoms with Gasteiger partial charge >= 0.3 is 0 Å². The van der Waals surface area contributed by atoms with E-state index in [-0.39, 0.29) is 23.5 Å². The van der Waals surface area contributed by atoms with Crippen molar-refractivity contribution >= 4 is 46.6 Å². The van der Waals surface area contributed by atoms with Gasteiger partial charge in [-0.05, 0) is 63.8 Å². The molecule has 0 saturated carbocycles. The van der Waals surface area contributed by atoms with Gasteiger partial charge < -0.3 is 5.32 Å². The van der Waals surface area contributed by atoms with E-state index in [1.54, 1.807) is 24.3 Å². The van der Waals surface area contributed by atoms with Crippen LogP contribution < -0.4 is 5.32 Å². The van der Waals surface area contributed by atoms with E-state index in [0.717, 1.165) is 5.56 Å². The molecule has 1 aromatic heterocycles. The SMILES string of the molecule is Cc1ccc(Cl)c(NC(=O)CSc2nnc(C(C)N(C)C)n2-c2ccc(F)cc2)c1Cl. The van der Waals surface area contributed by atoms with E-state index in [4.69, 9.17) is 23.2 Å². The number of amides is 1. The van der Waals surface area contributed by atoms with Crippen LogP contribution in [0.2, 0.25) is 10.0 Å². The quantitative estimate of drug-likeness (QED) is 0.459. The highest BCUT2D eigenvalue weighted by Crippen LogP contribution is 2.33. The molecule has 0 bridgehead atoms. The first-order valence-electron chi connectivity index (χ1n) is 9.44. The van der Waals surface area contributed by atoms with E-state index in [2.05, 4.69) is 15.5 Å². The Balaban J connectivity index is 1.84. The van der Waals surface area contributed by atoms with Gasteiger partial charge in [0, 0.05) is 5.69 Å². The second kappa shape index (κ2) is 9.99. The lowest BCUT2D eigenvalue weighted by Gasteiger charge is -2.20. The zero-order valence-corrected chi connectivity index (χ0v) is 19.8. The molecule has 10 heteroatoms. The number of carbonyl (C=O) groups is 1. The molecule has 0 saturated heterocycles. The summed E-state index contributed by atoms with van der Waals surface area (Å²) < 4.78 is 15.3. The van der Waals surface area contributed by atoms with E-state index < -0.39 is 0 Å². The van der Waals surface area contributed by atoms with Gasteiger partial charge in [-0.3, -0.25) is 14.3 Å². The van der Waals surface area contributed by atoms with Crippen LogP contribution in [0.15, 0.2) is 41.6 Å². The molecule has 0 spiro atoms. The number of nitrogens with one attached hydrogen (secondary N) is 1. The van der Waals surface area contributed by atoms with Crippen molar-refractivity contribution in [1.82, 2.24) is 19.7 Å². The smallest absolute Gasteiger partial charge is 0.234 e. The number of halogens is 3. The standard InChI is InChI=1S/C21H22Cl2FN5OS/c1-12-5-10-16(22)19(18(12)23)25-17(30)11-31-21-27-26-20(13(2)28(3)4)29(21)15-8-6-14(24)7-9-15/h5-10,13H,11H2,1-4H3,(H,25,30). The second-order valence-corrected chi connectivity index (χ2v) is 8.91. The number of benzene rings is 2. The van der Waals surface area contributed by atoms with E-state index in [0.29, 0.717) is 32.4 Å². The summed E-state index contributed by atoms with van der Waals surface area (Å²) in [6, 6.07) is 9.48. The highest BCUT2D eigenvalue weighted by Gasteiger charge is 2.22. The molecule has 1 amide bonds. The van der Waals surface area contributed by atoms with E-state index in [1.165, 1.54) is 23.9 Å². The molecule has 0 aliphatic heterocycles. The molecule has 1 heterocycles. The van der Waals surface area contributed by atoms with Crippen LogP contribution in [0.3, 0.4) is 0 Å². The van der Waals surface area contributed by atoms with E-state index in [9.17, 15) is 9.18 Å². The Bertz CT molecular complexity index is 1090. The summed E-state index contributed by atoms with van der Waals surface area (Å²) in [5.74, 6) is 0.134. The molecule has 6 nitrogen and oxygen atoms in total. The molecule has 0 aliphatic carbocycles. The number of thioether (sulfide) groups is 1. The predicted octanol–water partition coefficient (Wildman–Crippen LogP) is 5.38. The zero-order valence-electron chi connectivity index (χ0n) is 17.5. The summed E-state index contributed by atoms with van der Waals surface area (Å²) in [7, 11) is 3.87. The molecule has 0 fully saturated rings. The molecule has 31 heavy (non-hydrogen) atoms. The number of rotatable bonds is 7. The third-order valence-corrected chi connectivity index (χ3v) is 6.50. The lowest BCUT2D eigenvalue weighted by atomic mass is 10.2. The first-order valence-corrected chi connectivity index (χ1v) is 11.2. The monoisotopic (exact) mass is 481 g/mol. The Morgan fingerprint density at radius 2 is 1.87 bits per heavy atom. The molecule has 0 aliphatic rings. The largest absolute Gasteiger partial charge is 0.323 e. The van der Waals surface area contributed by atoms with Crippen LogP contribution in [0.4, 0.5) is 10.1 Å². The van der Waals surface area contributed by atoms with Gasteiger partial charge in [-0.15, -0.1) is 10.2 Å². The van der Waals surface area contributed by atoms with Gasteiger partial charge in [-0.1, -0.05) is 41.0 Å². The maximum absolute atomic E-state index is 13.4. The normalized spacial score (nSPS) is 12.3. The van der Waals surface area contributed by atoms with Crippen molar-refractivity contribution in [2.45, 2.75) is 25.0 Å². The fourth-order valence-electron chi connectivity index (χ4n) is 2.79. The van der Waals surface area contributed by atoms with Crippen LogP contribution in [-0.2, 0) is 4.79 Å². The van der Waals surface area contributed by atoms with Crippen molar-refractivity contribution in [3.63, 3.8) is 0 Å². The Hall–Kier alpha value is -2.13. The van der Waals surface area contributed by atoms with Crippen LogP contribution in [0.1, 0.15) is 24.4 Å². The van der Waals surface area contributed by atoms with Crippen molar-refractivity contribution < 1.29 is 9.18 Å². The molecule has 3 rings (SSSR count).